The quantitative estimate of drug-likeness (QED) is 0.313. The Morgan fingerprint density at radius 3 is 1.82 bits per heavy atom. The highest BCUT2D eigenvalue weighted by Gasteiger charge is 2.17. The lowest BCUT2D eigenvalue weighted by molar-refractivity contribution is -0.165. The Balaban J connectivity index is 3.97. The summed E-state index contributed by atoms with van der Waals surface area (Å²) in [6, 6.07) is 0. The van der Waals surface area contributed by atoms with Crippen LogP contribution in [-0.2, 0) is 28.6 Å². The highest BCUT2D eigenvalue weighted by atomic mass is 16.6. The molecular weight excluding hydrogens is 288 g/mol. The summed E-state index contributed by atoms with van der Waals surface area (Å²) < 4.78 is 14.8. The van der Waals surface area contributed by atoms with Crippen molar-refractivity contribution in [3.63, 3.8) is 0 Å². The van der Waals surface area contributed by atoms with Gasteiger partial charge in [-0.05, 0) is 6.42 Å². The van der Waals surface area contributed by atoms with E-state index in [4.69, 9.17) is 14.2 Å². The van der Waals surface area contributed by atoms with E-state index in [9.17, 15) is 14.4 Å². The highest BCUT2D eigenvalue weighted by molar-refractivity contribution is 5.70. The van der Waals surface area contributed by atoms with Crippen LogP contribution in [0.2, 0.25) is 0 Å². The molecule has 0 aromatic rings. The van der Waals surface area contributed by atoms with Crippen molar-refractivity contribution in [1.29, 1.82) is 0 Å². The maximum atomic E-state index is 11.7. The second-order valence-electron chi connectivity index (χ2n) is 5.23. The number of hydrogen-bond donors (Lipinski definition) is 0. The molecule has 0 rings (SSSR count). The molecule has 0 bridgehead atoms. The first-order valence-corrected chi connectivity index (χ1v) is 7.91. The summed E-state index contributed by atoms with van der Waals surface area (Å²) in [5.74, 6) is -1.31. The average Bonchev–Trinajstić information content (AvgIpc) is 2.45. The Labute approximate surface area is 132 Å². The van der Waals surface area contributed by atoms with E-state index in [1.165, 1.54) is 33.1 Å². The third kappa shape index (κ3) is 13.4. The molecule has 0 saturated heterocycles. The van der Waals surface area contributed by atoms with E-state index in [2.05, 4.69) is 6.92 Å². The topological polar surface area (TPSA) is 78.9 Å². The fourth-order valence-corrected chi connectivity index (χ4v) is 1.83. The molecule has 0 aromatic carbocycles. The molecule has 6 nitrogen and oxygen atoms in total. The summed E-state index contributed by atoms with van der Waals surface area (Å²) in [6.07, 6.45) is 6.05. The normalized spacial score (nSPS) is 10.4. The fraction of sp³-hybridized carbons (Fsp3) is 0.812. The molecule has 0 radical (unpaired) electrons. The fourth-order valence-electron chi connectivity index (χ4n) is 1.83. The third-order valence-corrected chi connectivity index (χ3v) is 2.98. The van der Waals surface area contributed by atoms with Crippen LogP contribution in [0.5, 0.6) is 0 Å². The molecule has 0 aromatic heterocycles. The minimum absolute atomic E-state index is 0.106. The van der Waals surface area contributed by atoms with Gasteiger partial charge < -0.3 is 14.2 Å². The van der Waals surface area contributed by atoms with E-state index in [0.29, 0.717) is 6.42 Å². The van der Waals surface area contributed by atoms with Crippen LogP contribution in [0.1, 0.15) is 65.7 Å². The molecule has 0 aliphatic rings. The number of carbonyl (C=O) groups is 3. The molecule has 0 unspecified atom stereocenters. The van der Waals surface area contributed by atoms with Gasteiger partial charge in [-0.1, -0.05) is 39.0 Å². The summed E-state index contributed by atoms with van der Waals surface area (Å²) in [6.45, 7) is 4.47. The molecule has 0 aliphatic carbocycles. The van der Waals surface area contributed by atoms with Gasteiger partial charge in [-0.3, -0.25) is 14.4 Å². The van der Waals surface area contributed by atoms with Crippen LogP contribution < -0.4 is 0 Å². The van der Waals surface area contributed by atoms with Crippen molar-refractivity contribution in [2.24, 2.45) is 0 Å². The summed E-state index contributed by atoms with van der Waals surface area (Å²) >= 11 is 0. The van der Waals surface area contributed by atoms with E-state index in [-0.39, 0.29) is 19.2 Å². The summed E-state index contributed by atoms with van der Waals surface area (Å²) in [4.78, 5) is 33.3. The Morgan fingerprint density at radius 2 is 1.32 bits per heavy atom. The SMILES string of the molecule is CCCCCCCCC(=O)OC(COC(C)=O)COC(C)=O. The largest absolute Gasteiger partial charge is 0.462 e. The molecule has 0 aliphatic heterocycles. The Bertz CT molecular complexity index is 322. The maximum absolute atomic E-state index is 11.7. The number of carbonyl (C=O) groups excluding carboxylic acids is 3. The molecule has 22 heavy (non-hydrogen) atoms. The number of rotatable bonds is 12. The van der Waals surface area contributed by atoms with Crippen molar-refractivity contribution >= 4 is 17.9 Å². The molecule has 0 saturated carbocycles. The molecule has 0 spiro atoms. The lowest BCUT2D eigenvalue weighted by Crippen LogP contribution is -2.30. The van der Waals surface area contributed by atoms with Crippen molar-refractivity contribution in [3.05, 3.63) is 0 Å². The molecular formula is C16H28O6. The van der Waals surface area contributed by atoms with Crippen molar-refractivity contribution < 1.29 is 28.6 Å². The van der Waals surface area contributed by atoms with Crippen LogP contribution in [0, 0.1) is 0 Å². The zero-order valence-electron chi connectivity index (χ0n) is 13.9. The molecule has 0 atom stereocenters. The Hall–Kier alpha value is -1.59. The highest BCUT2D eigenvalue weighted by Crippen LogP contribution is 2.08. The first-order chi connectivity index (χ1) is 10.5. The van der Waals surface area contributed by atoms with Gasteiger partial charge in [0.2, 0.25) is 0 Å². The van der Waals surface area contributed by atoms with Crippen molar-refractivity contribution in [2.75, 3.05) is 13.2 Å². The second kappa shape index (κ2) is 13.1. The second-order valence-corrected chi connectivity index (χ2v) is 5.23. The first-order valence-electron chi connectivity index (χ1n) is 7.91. The van der Waals surface area contributed by atoms with Gasteiger partial charge >= 0.3 is 17.9 Å². The van der Waals surface area contributed by atoms with Crippen LogP contribution in [-0.4, -0.2) is 37.2 Å². The first kappa shape index (κ1) is 20.4. The van der Waals surface area contributed by atoms with Gasteiger partial charge in [-0.2, -0.15) is 0 Å². The number of unbranched alkanes of at least 4 members (excludes halogenated alkanes) is 5. The van der Waals surface area contributed by atoms with Crippen molar-refractivity contribution in [1.82, 2.24) is 0 Å². The van der Waals surface area contributed by atoms with Gasteiger partial charge in [0.05, 0.1) is 0 Å². The number of esters is 3. The van der Waals surface area contributed by atoms with Crippen molar-refractivity contribution in [2.45, 2.75) is 71.8 Å². The lowest BCUT2D eigenvalue weighted by atomic mass is 10.1. The third-order valence-electron chi connectivity index (χ3n) is 2.98. The standard InChI is InChI=1S/C16H28O6/c1-4-5-6-7-8-9-10-16(19)22-15(11-20-13(2)17)12-21-14(3)18/h15H,4-12H2,1-3H3. The summed E-state index contributed by atoms with van der Waals surface area (Å²) in [5, 5.41) is 0. The molecule has 0 amide bonds. The van der Waals surface area contributed by atoms with Crippen molar-refractivity contribution in [3.8, 4) is 0 Å². The maximum Gasteiger partial charge on any atom is 0.306 e. The van der Waals surface area contributed by atoms with Gasteiger partial charge in [-0.25, -0.2) is 0 Å². The van der Waals surface area contributed by atoms with Crippen LogP contribution in [0.15, 0.2) is 0 Å². The molecule has 0 fully saturated rings. The van der Waals surface area contributed by atoms with E-state index in [1.807, 2.05) is 0 Å². The van der Waals surface area contributed by atoms with Gasteiger partial charge in [-0.15, -0.1) is 0 Å². The molecule has 0 N–H and O–H groups in total. The monoisotopic (exact) mass is 316 g/mol. The molecule has 6 heteroatoms. The minimum atomic E-state index is -0.750. The van der Waals surface area contributed by atoms with Gasteiger partial charge in [0.25, 0.3) is 0 Å². The van der Waals surface area contributed by atoms with E-state index in [0.717, 1.165) is 19.3 Å². The van der Waals surface area contributed by atoms with E-state index < -0.39 is 18.0 Å². The zero-order chi connectivity index (χ0) is 16.8. The molecule has 128 valence electrons. The van der Waals surface area contributed by atoms with Gasteiger partial charge in [0.15, 0.2) is 6.10 Å². The van der Waals surface area contributed by atoms with Crippen LogP contribution in [0.3, 0.4) is 0 Å². The Kier molecular flexibility index (Phi) is 12.2. The average molecular weight is 316 g/mol. The smallest absolute Gasteiger partial charge is 0.306 e. The van der Waals surface area contributed by atoms with E-state index >= 15 is 0 Å². The minimum Gasteiger partial charge on any atom is -0.462 e. The van der Waals surface area contributed by atoms with Crippen LogP contribution in [0.4, 0.5) is 0 Å². The summed E-state index contributed by atoms with van der Waals surface area (Å²) in [5.41, 5.74) is 0. The van der Waals surface area contributed by atoms with Gasteiger partial charge in [0, 0.05) is 20.3 Å². The van der Waals surface area contributed by atoms with E-state index in [1.54, 1.807) is 0 Å². The van der Waals surface area contributed by atoms with Crippen LogP contribution >= 0.6 is 0 Å². The predicted octanol–water partition coefficient (Wildman–Crippen LogP) is 2.78. The number of ether oxygens (including phenoxy) is 3. The van der Waals surface area contributed by atoms with Crippen LogP contribution in [0.25, 0.3) is 0 Å². The predicted molar refractivity (Wildman–Crippen MR) is 81.1 cm³/mol. The molecule has 0 heterocycles. The summed E-state index contributed by atoms with van der Waals surface area (Å²) in [7, 11) is 0. The van der Waals surface area contributed by atoms with Gasteiger partial charge in [0.1, 0.15) is 13.2 Å². The lowest BCUT2D eigenvalue weighted by Gasteiger charge is -2.17. The zero-order valence-corrected chi connectivity index (χ0v) is 13.9. The Morgan fingerprint density at radius 1 is 0.818 bits per heavy atom. The number of hydrogen-bond acceptors (Lipinski definition) is 6.